The monoisotopic (exact) mass is 248 g/mol. The van der Waals surface area contributed by atoms with Crippen molar-refractivity contribution in [3.63, 3.8) is 0 Å². The smallest absolute Gasteiger partial charge is 0.0681 e. The van der Waals surface area contributed by atoms with Gasteiger partial charge in [-0.3, -0.25) is 0 Å². The van der Waals surface area contributed by atoms with E-state index in [2.05, 4.69) is 43.0 Å². The normalized spacial score (nSPS) is 19.8. The highest BCUT2D eigenvalue weighted by Gasteiger charge is 2.25. The van der Waals surface area contributed by atoms with Crippen LogP contribution in [-0.2, 0) is 6.61 Å². The first-order valence-corrected chi connectivity index (χ1v) is 6.73. The molecule has 3 nitrogen and oxygen atoms in total. The molecule has 2 rings (SSSR count). The molecule has 100 valence electrons. The Morgan fingerprint density at radius 3 is 2.78 bits per heavy atom. The Hall–Kier alpha value is -1.06. The van der Waals surface area contributed by atoms with Crippen molar-refractivity contribution in [3.8, 4) is 0 Å². The van der Waals surface area contributed by atoms with E-state index in [1.807, 2.05) is 6.07 Å². The number of aliphatic hydroxyl groups is 1. The maximum atomic E-state index is 9.17. The van der Waals surface area contributed by atoms with Crippen LogP contribution in [0.1, 0.15) is 24.0 Å². The van der Waals surface area contributed by atoms with Gasteiger partial charge >= 0.3 is 0 Å². The van der Waals surface area contributed by atoms with Gasteiger partial charge in [-0.1, -0.05) is 12.1 Å². The molecule has 1 aromatic rings. The molecule has 1 heterocycles. The number of anilines is 1. The highest BCUT2D eigenvalue weighted by atomic mass is 16.3. The van der Waals surface area contributed by atoms with Gasteiger partial charge in [0.2, 0.25) is 0 Å². The zero-order valence-corrected chi connectivity index (χ0v) is 11.7. The second-order valence-corrected chi connectivity index (χ2v) is 5.53. The molecule has 0 aliphatic carbocycles. The van der Waals surface area contributed by atoms with Crippen molar-refractivity contribution in [1.82, 2.24) is 4.90 Å². The zero-order valence-electron chi connectivity index (χ0n) is 11.7. The predicted molar refractivity (Wildman–Crippen MR) is 76.0 cm³/mol. The summed E-state index contributed by atoms with van der Waals surface area (Å²) < 4.78 is 0. The second-order valence-electron chi connectivity index (χ2n) is 5.53. The van der Waals surface area contributed by atoms with Crippen molar-refractivity contribution >= 4 is 5.69 Å². The van der Waals surface area contributed by atoms with E-state index in [9.17, 15) is 0 Å². The van der Waals surface area contributed by atoms with Crippen LogP contribution in [0.25, 0.3) is 0 Å². The van der Waals surface area contributed by atoms with Gasteiger partial charge in [-0.2, -0.15) is 0 Å². The lowest BCUT2D eigenvalue weighted by Crippen LogP contribution is -2.37. The van der Waals surface area contributed by atoms with E-state index in [0.29, 0.717) is 6.04 Å². The first-order valence-electron chi connectivity index (χ1n) is 6.73. The molecular formula is C15H24N2O. The summed E-state index contributed by atoms with van der Waals surface area (Å²) in [6.45, 7) is 4.53. The van der Waals surface area contributed by atoms with Gasteiger partial charge in [-0.15, -0.1) is 0 Å². The number of benzene rings is 1. The lowest BCUT2D eigenvalue weighted by Gasteiger charge is -2.30. The third kappa shape index (κ3) is 2.85. The number of rotatable bonds is 4. The number of aryl methyl sites for hydroxylation is 1. The van der Waals surface area contributed by atoms with Crippen molar-refractivity contribution in [2.45, 2.75) is 32.4 Å². The Labute approximate surface area is 110 Å². The molecule has 0 saturated carbocycles. The fourth-order valence-electron chi connectivity index (χ4n) is 2.90. The van der Waals surface area contributed by atoms with Crippen molar-refractivity contribution in [2.24, 2.45) is 0 Å². The molecule has 18 heavy (non-hydrogen) atoms. The van der Waals surface area contributed by atoms with Crippen LogP contribution in [0.5, 0.6) is 0 Å². The van der Waals surface area contributed by atoms with E-state index in [1.54, 1.807) is 0 Å². The van der Waals surface area contributed by atoms with E-state index >= 15 is 0 Å². The largest absolute Gasteiger partial charge is 0.392 e. The maximum Gasteiger partial charge on any atom is 0.0681 e. The van der Waals surface area contributed by atoms with Crippen LogP contribution in [0.2, 0.25) is 0 Å². The lowest BCUT2D eigenvalue weighted by atomic mass is 10.1. The minimum absolute atomic E-state index is 0.127. The molecule has 0 aromatic heterocycles. The van der Waals surface area contributed by atoms with Crippen LogP contribution in [-0.4, -0.2) is 43.2 Å². The van der Waals surface area contributed by atoms with Gasteiger partial charge in [-0.25, -0.2) is 0 Å². The maximum absolute atomic E-state index is 9.17. The highest BCUT2D eigenvalue weighted by molar-refractivity contribution is 5.56. The predicted octanol–water partition coefficient (Wildman–Crippen LogP) is 2.02. The summed E-state index contributed by atoms with van der Waals surface area (Å²) in [6, 6.07) is 6.92. The van der Waals surface area contributed by atoms with Crippen LogP contribution in [0.3, 0.4) is 0 Å². The lowest BCUT2D eigenvalue weighted by molar-refractivity contribution is 0.282. The minimum atomic E-state index is 0.127. The summed E-state index contributed by atoms with van der Waals surface area (Å²) in [5.74, 6) is 0. The number of likely N-dealkylation sites (N-methyl/N-ethyl adjacent to an activating group) is 1. The molecule has 1 saturated heterocycles. The van der Waals surface area contributed by atoms with Gasteiger partial charge < -0.3 is 14.9 Å². The summed E-state index contributed by atoms with van der Waals surface area (Å²) in [5.41, 5.74) is 3.60. The fraction of sp³-hybridized carbons (Fsp3) is 0.600. The van der Waals surface area contributed by atoms with E-state index in [-0.39, 0.29) is 6.61 Å². The molecule has 0 radical (unpaired) electrons. The van der Waals surface area contributed by atoms with Crippen LogP contribution in [0.4, 0.5) is 5.69 Å². The molecule has 1 aliphatic rings. The molecular weight excluding hydrogens is 224 g/mol. The quantitative estimate of drug-likeness (QED) is 0.883. The van der Waals surface area contributed by atoms with Crippen molar-refractivity contribution in [1.29, 1.82) is 0 Å². The third-order valence-electron chi connectivity index (χ3n) is 3.71. The molecule has 1 N–H and O–H groups in total. The Bertz CT molecular complexity index is 403. The zero-order chi connectivity index (χ0) is 13.1. The van der Waals surface area contributed by atoms with Gasteiger partial charge in [0.25, 0.3) is 0 Å². The first kappa shape index (κ1) is 13.4. The van der Waals surface area contributed by atoms with Gasteiger partial charge in [0.15, 0.2) is 0 Å². The number of aliphatic hydroxyl groups excluding tert-OH is 1. The molecule has 1 aromatic carbocycles. The highest BCUT2D eigenvalue weighted by Crippen LogP contribution is 2.29. The van der Waals surface area contributed by atoms with Crippen molar-refractivity contribution < 1.29 is 5.11 Å². The number of nitrogens with zero attached hydrogens (tertiary/aromatic N) is 2. The molecule has 0 bridgehead atoms. The third-order valence-corrected chi connectivity index (χ3v) is 3.71. The summed E-state index contributed by atoms with van der Waals surface area (Å²) in [5, 5.41) is 9.17. The topological polar surface area (TPSA) is 26.7 Å². The molecule has 0 spiro atoms. The van der Waals surface area contributed by atoms with Gasteiger partial charge in [0.1, 0.15) is 0 Å². The standard InChI is InChI=1S/C15H24N2O/c1-12-9-13(11-18)6-7-15(12)17-8-4-5-14(17)10-16(2)3/h6-7,9,14,18H,4-5,8,10-11H2,1-3H3. The SMILES string of the molecule is Cc1cc(CO)ccc1N1CCCC1CN(C)C. The van der Waals surface area contributed by atoms with E-state index < -0.39 is 0 Å². The molecule has 1 atom stereocenters. The Morgan fingerprint density at radius 2 is 2.17 bits per heavy atom. The minimum Gasteiger partial charge on any atom is -0.392 e. The first-order chi connectivity index (χ1) is 8.61. The summed E-state index contributed by atoms with van der Waals surface area (Å²) in [4.78, 5) is 4.79. The van der Waals surface area contributed by atoms with Crippen molar-refractivity contribution in [2.75, 3.05) is 32.1 Å². The van der Waals surface area contributed by atoms with Crippen LogP contribution in [0, 0.1) is 6.92 Å². The summed E-state index contributed by atoms with van der Waals surface area (Å²) in [7, 11) is 4.27. The van der Waals surface area contributed by atoms with Crippen molar-refractivity contribution in [3.05, 3.63) is 29.3 Å². The second kappa shape index (κ2) is 5.72. The molecule has 1 unspecified atom stereocenters. The molecule has 1 aliphatic heterocycles. The average Bonchev–Trinajstić information content (AvgIpc) is 2.76. The summed E-state index contributed by atoms with van der Waals surface area (Å²) in [6.07, 6.45) is 2.55. The van der Waals surface area contributed by atoms with Crippen LogP contribution in [0.15, 0.2) is 18.2 Å². The molecule has 3 heteroatoms. The van der Waals surface area contributed by atoms with Gasteiger partial charge in [0, 0.05) is 24.8 Å². The summed E-state index contributed by atoms with van der Waals surface area (Å²) >= 11 is 0. The van der Waals surface area contributed by atoms with E-state index in [0.717, 1.165) is 18.7 Å². The van der Waals surface area contributed by atoms with E-state index in [4.69, 9.17) is 5.11 Å². The Kier molecular flexibility index (Phi) is 4.25. The fourth-order valence-corrected chi connectivity index (χ4v) is 2.90. The van der Waals surface area contributed by atoms with Crippen LogP contribution < -0.4 is 4.90 Å². The number of hydrogen-bond donors (Lipinski definition) is 1. The van der Waals surface area contributed by atoms with Crippen LogP contribution >= 0.6 is 0 Å². The van der Waals surface area contributed by atoms with E-state index in [1.165, 1.54) is 24.1 Å². The Morgan fingerprint density at radius 1 is 1.39 bits per heavy atom. The average molecular weight is 248 g/mol. The molecule has 1 fully saturated rings. The Balaban J connectivity index is 2.19. The molecule has 0 amide bonds. The van der Waals surface area contributed by atoms with Gasteiger partial charge in [0.05, 0.1) is 6.61 Å². The van der Waals surface area contributed by atoms with Gasteiger partial charge in [-0.05, 0) is 51.1 Å². The number of hydrogen-bond acceptors (Lipinski definition) is 3.